The molecule has 0 aliphatic carbocycles. The van der Waals surface area contributed by atoms with Crippen molar-refractivity contribution in [2.75, 3.05) is 26.2 Å². The monoisotopic (exact) mass is 477 g/mol. The maximum atomic E-state index is 4.75. The first-order valence-electron chi connectivity index (χ1n) is 9.76. The standard InChI is InChI=1S/C18H35N7.HI/c1-5-7-10-19-18(20-14-17-23-22-15(3)24(17)4)21-16-8-12-25(11-6-2)13-9-16;/h16H,5-14H2,1-4H3,(H2,19,20,21);1H. The zero-order valence-electron chi connectivity index (χ0n) is 16.8. The van der Waals surface area contributed by atoms with Gasteiger partial charge in [-0.2, -0.15) is 0 Å². The van der Waals surface area contributed by atoms with E-state index in [2.05, 4.69) is 39.6 Å². The number of aliphatic imine (C=N–C) groups is 1. The van der Waals surface area contributed by atoms with Gasteiger partial charge in [-0.15, -0.1) is 34.2 Å². The van der Waals surface area contributed by atoms with E-state index in [1.807, 2.05) is 18.5 Å². The quantitative estimate of drug-likeness (QED) is 0.261. The molecule has 1 aromatic rings. The van der Waals surface area contributed by atoms with Crippen molar-refractivity contribution in [3.63, 3.8) is 0 Å². The lowest BCUT2D eigenvalue weighted by Crippen LogP contribution is -2.49. The largest absolute Gasteiger partial charge is 0.356 e. The predicted molar refractivity (Wildman–Crippen MR) is 118 cm³/mol. The molecule has 1 saturated heterocycles. The molecule has 0 unspecified atom stereocenters. The summed E-state index contributed by atoms with van der Waals surface area (Å²) in [6, 6.07) is 0.502. The number of nitrogens with zero attached hydrogens (tertiary/aromatic N) is 5. The third kappa shape index (κ3) is 7.38. The fraction of sp³-hybridized carbons (Fsp3) is 0.833. The molecule has 1 aliphatic rings. The number of piperidine rings is 1. The molecule has 0 bridgehead atoms. The number of halogens is 1. The lowest BCUT2D eigenvalue weighted by atomic mass is 10.1. The summed E-state index contributed by atoms with van der Waals surface area (Å²) in [6.45, 7) is 11.5. The Labute approximate surface area is 175 Å². The zero-order chi connectivity index (χ0) is 18.1. The van der Waals surface area contributed by atoms with Gasteiger partial charge in [-0.3, -0.25) is 0 Å². The van der Waals surface area contributed by atoms with E-state index in [0.717, 1.165) is 30.6 Å². The highest BCUT2D eigenvalue weighted by molar-refractivity contribution is 14.0. The molecule has 0 aromatic carbocycles. The summed E-state index contributed by atoms with van der Waals surface area (Å²) in [5, 5.41) is 15.4. The topological polar surface area (TPSA) is 70.4 Å². The Morgan fingerprint density at radius 3 is 2.50 bits per heavy atom. The molecule has 7 nitrogen and oxygen atoms in total. The Morgan fingerprint density at radius 2 is 1.92 bits per heavy atom. The zero-order valence-corrected chi connectivity index (χ0v) is 19.1. The van der Waals surface area contributed by atoms with Gasteiger partial charge in [0.15, 0.2) is 11.8 Å². The highest BCUT2D eigenvalue weighted by Gasteiger charge is 2.19. The lowest BCUT2D eigenvalue weighted by Gasteiger charge is -2.32. The number of aryl methyl sites for hydroxylation is 1. The van der Waals surface area contributed by atoms with Crippen LogP contribution in [0.15, 0.2) is 4.99 Å². The fourth-order valence-corrected chi connectivity index (χ4v) is 3.09. The van der Waals surface area contributed by atoms with Gasteiger partial charge in [0, 0.05) is 32.7 Å². The number of likely N-dealkylation sites (tertiary alicyclic amines) is 1. The van der Waals surface area contributed by atoms with Crippen LogP contribution in [0.5, 0.6) is 0 Å². The molecule has 0 saturated carbocycles. The first-order chi connectivity index (χ1) is 12.1. The molecule has 0 atom stereocenters. The molecule has 0 amide bonds. The van der Waals surface area contributed by atoms with Crippen LogP contribution in [0.4, 0.5) is 0 Å². The van der Waals surface area contributed by atoms with Crippen molar-refractivity contribution in [2.45, 2.75) is 65.5 Å². The van der Waals surface area contributed by atoms with E-state index in [0.29, 0.717) is 12.6 Å². The van der Waals surface area contributed by atoms with Crippen molar-refractivity contribution in [1.82, 2.24) is 30.3 Å². The second-order valence-corrected chi connectivity index (χ2v) is 6.93. The highest BCUT2D eigenvalue weighted by Crippen LogP contribution is 2.10. The van der Waals surface area contributed by atoms with Crippen LogP contribution in [0.1, 0.15) is 57.6 Å². The Kier molecular flexibility index (Phi) is 11.1. The van der Waals surface area contributed by atoms with Crippen LogP contribution in [0, 0.1) is 6.92 Å². The van der Waals surface area contributed by atoms with Crippen molar-refractivity contribution in [2.24, 2.45) is 12.0 Å². The summed E-state index contributed by atoms with van der Waals surface area (Å²) in [6.07, 6.45) is 5.92. The van der Waals surface area contributed by atoms with E-state index in [-0.39, 0.29) is 24.0 Å². The average Bonchev–Trinajstić information content (AvgIpc) is 2.93. The molecule has 26 heavy (non-hydrogen) atoms. The van der Waals surface area contributed by atoms with Crippen LogP contribution in [0.3, 0.4) is 0 Å². The third-order valence-corrected chi connectivity index (χ3v) is 4.85. The van der Waals surface area contributed by atoms with Gasteiger partial charge in [-0.05, 0) is 39.2 Å². The van der Waals surface area contributed by atoms with Crippen LogP contribution >= 0.6 is 24.0 Å². The summed E-state index contributed by atoms with van der Waals surface area (Å²) in [5.74, 6) is 2.72. The minimum Gasteiger partial charge on any atom is -0.356 e. The van der Waals surface area contributed by atoms with Crippen molar-refractivity contribution >= 4 is 29.9 Å². The minimum atomic E-state index is 0. The van der Waals surface area contributed by atoms with E-state index in [1.54, 1.807) is 0 Å². The Bertz CT molecular complexity index is 536. The molecular formula is C18H36IN7. The smallest absolute Gasteiger partial charge is 0.191 e. The third-order valence-electron chi connectivity index (χ3n) is 4.85. The van der Waals surface area contributed by atoms with E-state index in [1.165, 1.54) is 45.3 Å². The van der Waals surface area contributed by atoms with E-state index < -0.39 is 0 Å². The van der Waals surface area contributed by atoms with Gasteiger partial charge in [0.2, 0.25) is 0 Å². The number of hydrogen-bond donors (Lipinski definition) is 2. The van der Waals surface area contributed by atoms with Crippen molar-refractivity contribution in [1.29, 1.82) is 0 Å². The number of rotatable bonds is 8. The number of hydrogen-bond acceptors (Lipinski definition) is 4. The van der Waals surface area contributed by atoms with Crippen molar-refractivity contribution < 1.29 is 0 Å². The number of aromatic nitrogens is 3. The van der Waals surface area contributed by atoms with E-state index in [4.69, 9.17) is 4.99 Å². The Morgan fingerprint density at radius 1 is 1.19 bits per heavy atom. The van der Waals surface area contributed by atoms with Gasteiger partial charge in [0.25, 0.3) is 0 Å². The molecule has 2 rings (SSSR count). The van der Waals surface area contributed by atoms with Gasteiger partial charge in [-0.25, -0.2) is 4.99 Å². The first-order valence-corrected chi connectivity index (χ1v) is 9.76. The Hall–Kier alpha value is -0.900. The Balaban J connectivity index is 0.00000338. The van der Waals surface area contributed by atoms with Crippen LogP contribution in [0.2, 0.25) is 0 Å². The summed E-state index contributed by atoms with van der Waals surface area (Å²) >= 11 is 0. The van der Waals surface area contributed by atoms with Gasteiger partial charge in [0.05, 0.1) is 0 Å². The average molecular weight is 477 g/mol. The molecule has 2 N–H and O–H groups in total. The van der Waals surface area contributed by atoms with Gasteiger partial charge >= 0.3 is 0 Å². The maximum absolute atomic E-state index is 4.75. The second-order valence-electron chi connectivity index (χ2n) is 6.93. The SMILES string of the molecule is CCCCNC(=NCc1nnc(C)n1C)NC1CCN(CCC)CC1.I. The molecule has 0 radical (unpaired) electrons. The van der Waals surface area contributed by atoms with Crippen LogP contribution < -0.4 is 10.6 Å². The highest BCUT2D eigenvalue weighted by atomic mass is 127. The molecule has 2 heterocycles. The van der Waals surface area contributed by atoms with Gasteiger partial charge in [0.1, 0.15) is 12.4 Å². The fourth-order valence-electron chi connectivity index (χ4n) is 3.09. The number of unbranched alkanes of at least 4 members (excludes halogenated alkanes) is 1. The van der Waals surface area contributed by atoms with Crippen LogP contribution in [-0.2, 0) is 13.6 Å². The van der Waals surface area contributed by atoms with Gasteiger partial charge in [-0.1, -0.05) is 20.3 Å². The summed E-state index contributed by atoms with van der Waals surface area (Å²) in [5.41, 5.74) is 0. The molecule has 1 fully saturated rings. The van der Waals surface area contributed by atoms with Crippen LogP contribution in [-0.4, -0.2) is 57.8 Å². The molecule has 1 aromatic heterocycles. The summed E-state index contributed by atoms with van der Waals surface area (Å²) in [7, 11) is 1.99. The van der Waals surface area contributed by atoms with Gasteiger partial charge < -0.3 is 20.1 Å². The second kappa shape index (κ2) is 12.5. The molecule has 8 heteroatoms. The summed E-state index contributed by atoms with van der Waals surface area (Å²) < 4.78 is 2.00. The number of nitrogens with one attached hydrogen (secondary N) is 2. The predicted octanol–water partition coefficient (Wildman–Crippen LogP) is 2.45. The first kappa shape index (κ1) is 23.1. The molecular weight excluding hydrogens is 441 g/mol. The number of guanidine groups is 1. The van der Waals surface area contributed by atoms with Crippen molar-refractivity contribution in [3.05, 3.63) is 11.6 Å². The normalized spacial score (nSPS) is 16.4. The van der Waals surface area contributed by atoms with Crippen molar-refractivity contribution in [3.8, 4) is 0 Å². The van der Waals surface area contributed by atoms with Crippen LogP contribution in [0.25, 0.3) is 0 Å². The lowest BCUT2D eigenvalue weighted by molar-refractivity contribution is 0.206. The van der Waals surface area contributed by atoms with E-state index in [9.17, 15) is 0 Å². The maximum Gasteiger partial charge on any atom is 0.191 e. The summed E-state index contributed by atoms with van der Waals surface area (Å²) in [4.78, 5) is 7.30. The molecule has 0 spiro atoms. The minimum absolute atomic E-state index is 0. The molecule has 150 valence electrons. The van der Waals surface area contributed by atoms with E-state index >= 15 is 0 Å². The molecule has 1 aliphatic heterocycles.